The van der Waals surface area contributed by atoms with Crippen molar-refractivity contribution in [1.29, 1.82) is 0 Å². The first-order valence-corrected chi connectivity index (χ1v) is 7.20. The van der Waals surface area contributed by atoms with Gasteiger partial charge in [0.05, 0.1) is 11.0 Å². The zero-order chi connectivity index (χ0) is 13.8. The molecule has 2 N–H and O–H groups in total. The van der Waals surface area contributed by atoms with Gasteiger partial charge >= 0.3 is 0 Å². The summed E-state index contributed by atoms with van der Waals surface area (Å²) in [4.78, 5) is 7.78. The SMILES string of the molecule is ClCC(Cc1ccccc1)Nc1nc2ccccc2[nH]1. The Bertz CT molecular complexity index is 645. The molecule has 0 radical (unpaired) electrons. The molecule has 3 aromatic rings. The second kappa shape index (κ2) is 5.97. The number of nitrogens with zero attached hydrogens (tertiary/aromatic N) is 1. The highest BCUT2D eigenvalue weighted by atomic mass is 35.5. The van der Waals surface area contributed by atoms with Crippen LogP contribution in [0.25, 0.3) is 11.0 Å². The van der Waals surface area contributed by atoms with Gasteiger partial charge in [0.1, 0.15) is 0 Å². The van der Waals surface area contributed by atoms with Crippen LogP contribution in [0.15, 0.2) is 54.6 Å². The van der Waals surface area contributed by atoms with Crippen LogP contribution in [0, 0.1) is 0 Å². The highest BCUT2D eigenvalue weighted by Crippen LogP contribution is 2.15. The molecule has 1 heterocycles. The lowest BCUT2D eigenvalue weighted by Crippen LogP contribution is -2.24. The number of rotatable bonds is 5. The van der Waals surface area contributed by atoms with Crippen molar-refractivity contribution in [3.63, 3.8) is 0 Å². The largest absolute Gasteiger partial charge is 0.352 e. The highest BCUT2D eigenvalue weighted by molar-refractivity contribution is 6.18. The Morgan fingerprint density at radius 2 is 1.80 bits per heavy atom. The topological polar surface area (TPSA) is 40.7 Å². The number of nitrogens with one attached hydrogen (secondary N) is 2. The van der Waals surface area contributed by atoms with Crippen LogP contribution < -0.4 is 5.32 Å². The van der Waals surface area contributed by atoms with Gasteiger partial charge in [0.25, 0.3) is 0 Å². The Morgan fingerprint density at radius 1 is 1.05 bits per heavy atom. The lowest BCUT2D eigenvalue weighted by atomic mass is 10.1. The van der Waals surface area contributed by atoms with E-state index in [4.69, 9.17) is 11.6 Å². The van der Waals surface area contributed by atoms with Crippen LogP contribution in [-0.2, 0) is 6.42 Å². The Hall–Kier alpha value is -2.00. The zero-order valence-corrected chi connectivity index (χ0v) is 11.8. The summed E-state index contributed by atoms with van der Waals surface area (Å²) in [6.45, 7) is 0. The van der Waals surface area contributed by atoms with Crippen molar-refractivity contribution < 1.29 is 0 Å². The summed E-state index contributed by atoms with van der Waals surface area (Å²) < 4.78 is 0. The van der Waals surface area contributed by atoms with Crippen molar-refractivity contribution in [3.05, 3.63) is 60.2 Å². The number of H-pyrrole nitrogens is 1. The van der Waals surface area contributed by atoms with Gasteiger partial charge in [0.15, 0.2) is 0 Å². The summed E-state index contributed by atoms with van der Waals surface area (Å²) in [5.74, 6) is 1.30. The van der Waals surface area contributed by atoms with Crippen molar-refractivity contribution in [2.24, 2.45) is 0 Å². The van der Waals surface area contributed by atoms with Gasteiger partial charge in [-0.2, -0.15) is 0 Å². The fraction of sp³-hybridized carbons (Fsp3) is 0.188. The van der Waals surface area contributed by atoms with Crippen LogP contribution in [0.5, 0.6) is 0 Å². The van der Waals surface area contributed by atoms with Gasteiger partial charge in [-0.3, -0.25) is 0 Å². The van der Waals surface area contributed by atoms with Crippen LogP contribution in [0.1, 0.15) is 5.56 Å². The molecule has 0 saturated heterocycles. The fourth-order valence-corrected chi connectivity index (χ4v) is 2.44. The number of fused-ring (bicyclic) bond motifs is 1. The van der Waals surface area contributed by atoms with E-state index in [9.17, 15) is 0 Å². The summed E-state index contributed by atoms with van der Waals surface area (Å²) in [7, 11) is 0. The first kappa shape index (κ1) is 13.0. The predicted octanol–water partition coefficient (Wildman–Crippen LogP) is 3.82. The van der Waals surface area contributed by atoms with E-state index in [1.807, 2.05) is 42.5 Å². The van der Waals surface area contributed by atoms with Gasteiger partial charge < -0.3 is 10.3 Å². The molecule has 1 aromatic heterocycles. The van der Waals surface area contributed by atoms with Gasteiger partial charge in [-0.15, -0.1) is 11.6 Å². The number of benzene rings is 2. The van der Waals surface area contributed by atoms with E-state index in [2.05, 4.69) is 27.4 Å². The van der Waals surface area contributed by atoms with E-state index in [1.54, 1.807) is 0 Å². The molecular weight excluding hydrogens is 270 g/mol. The van der Waals surface area contributed by atoms with Crippen molar-refractivity contribution in [2.45, 2.75) is 12.5 Å². The Morgan fingerprint density at radius 3 is 2.55 bits per heavy atom. The molecule has 1 atom stereocenters. The Labute approximate surface area is 123 Å². The molecule has 0 fully saturated rings. The number of aromatic nitrogens is 2. The van der Waals surface area contributed by atoms with E-state index < -0.39 is 0 Å². The molecule has 2 aromatic carbocycles. The summed E-state index contributed by atoms with van der Waals surface area (Å²) >= 11 is 6.06. The molecule has 3 rings (SSSR count). The van der Waals surface area contributed by atoms with Gasteiger partial charge in [0, 0.05) is 11.9 Å². The van der Waals surface area contributed by atoms with Crippen LogP contribution in [-0.4, -0.2) is 21.9 Å². The maximum atomic E-state index is 6.06. The lowest BCUT2D eigenvalue weighted by molar-refractivity contribution is 0.788. The van der Waals surface area contributed by atoms with Crippen LogP contribution in [0.2, 0.25) is 0 Å². The van der Waals surface area contributed by atoms with Crippen LogP contribution in [0.3, 0.4) is 0 Å². The number of anilines is 1. The second-order valence-electron chi connectivity index (χ2n) is 4.79. The molecule has 0 aliphatic heterocycles. The second-order valence-corrected chi connectivity index (χ2v) is 5.10. The van der Waals surface area contributed by atoms with Crippen molar-refractivity contribution in [1.82, 2.24) is 9.97 Å². The van der Waals surface area contributed by atoms with Crippen molar-refractivity contribution in [3.8, 4) is 0 Å². The summed E-state index contributed by atoms with van der Waals surface area (Å²) in [5, 5.41) is 3.37. The number of aromatic amines is 1. The van der Waals surface area contributed by atoms with Crippen molar-refractivity contribution in [2.75, 3.05) is 11.2 Å². The standard InChI is InChI=1S/C16H16ClN3/c17-11-13(10-12-6-2-1-3-7-12)18-16-19-14-8-4-5-9-15(14)20-16/h1-9,13H,10-11H2,(H2,18,19,20). The van der Waals surface area contributed by atoms with Crippen LogP contribution in [0.4, 0.5) is 5.95 Å². The van der Waals surface area contributed by atoms with Gasteiger partial charge in [-0.05, 0) is 24.1 Å². The maximum absolute atomic E-state index is 6.06. The third kappa shape index (κ3) is 2.94. The van der Waals surface area contributed by atoms with E-state index >= 15 is 0 Å². The normalized spacial score (nSPS) is 12.4. The highest BCUT2D eigenvalue weighted by Gasteiger charge is 2.10. The fourth-order valence-electron chi connectivity index (χ4n) is 2.26. The zero-order valence-electron chi connectivity index (χ0n) is 11.0. The predicted molar refractivity (Wildman–Crippen MR) is 84.4 cm³/mol. The van der Waals surface area contributed by atoms with Crippen LogP contribution >= 0.6 is 11.6 Å². The van der Waals surface area contributed by atoms with E-state index in [0.717, 1.165) is 23.4 Å². The van der Waals surface area contributed by atoms with E-state index in [-0.39, 0.29) is 6.04 Å². The molecule has 1 unspecified atom stereocenters. The van der Waals surface area contributed by atoms with Gasteiger partial charge in [0.2, 0.25) is 5.95 Å². The van der Waals surface area contributed by atoms with E-state index in [1.165, 1.54) is 5.56 Å². The molecule has 4 heteroatoms. The number of imidazole rings is 1. The average Bonchev–Trinajstić information content (AvgIpc) is 2.90. The molecule has 0 saturated carbocycles. The smallest absolute Gasteiger partial charge is 0.201 e. The quantitative estimate of drug-likeness (QED) is 0.700. The molecule has 20 heavy (non-hydrogen) atoms. The van der Waals surface area contributed by atoms with E-state index in [0.29, 0.717) is 5.88 Å². The molecule has 0 aliphatic carbocycles. The minimum Gasteiger partial charge on any atom is -0.352 e. The maximum Gasteiger partial charge on any atom is 0.201 e. The number of para-hydroxylation sites is 2. The first-order chi connectivity index (χ1) is 9.85. The number of halogens is 1. The summed E-state index contributed by atoms with van der Waals surface area (Å²) in [6.07, 6.45) is 0.876. The molecule has 102 valence electrons. The summed E-state index contributed by atoms with van der Waals surface area (Å²) in [5.41, 5.74) is 3.26. The van der Waals surface area contributed by atoms with Gasteiger partial charge in [-0.1, -0.05) is 42.5 Å². The third-order valence-corrected chi connectivity index (χ3v) is 3.61. The third-order valence-electron chi connectivity index (χ3n) is 3.24. The lowest BCUT2D eigenvalue weighted by Gasteiger charge is -2.15. The number of alkyl halides is 1. The molecule has 3 nitrogen and oxygen atoms in total. The monoisotopic (exact) mass is 285 g/mol. The number of hydrogen-bond donors (Lipinski definition) is 2. The summed E-state index contributed by atoms with van der Waals surface area (Å²) in [6, 6.07) is 18.5. The first-order valence-electron chi connectivity index (χ1n) is 6.66. The minimum absolute atomic E-state index is 0.152. The Balaban J connectivity index is 1.74. The molecule has 0 bridgehead atoms. The number of hydrogen-bond acceptors (Lipinski definition) is 2. The molecular formula is C16H16ClN3. The molecule has 0 amide bonds. The average molecular weight is 286 g/mol. The Kier molecular flexibility index (Phi) is 3.88. The van der Waals surface area contributed by atoms with Gasteiger partial charge in [-0.25, -0.2) is 4.98 Å². The molecule has 0 aliphatic rings. The molecule has 0 spiro atoms. The minimum atomic E-state index is 0.152. The van der Waals surface area contributed by atoms with Crippen molar-refractivity contribution >= 4 is 28.6 Å².